The maximum atomic E-state index is 12.3. The van der Waals surface area contributed by atoms with Crippen LogP contribution in [0.4, 0.5) is 0 Å². The van der Waals surface area contributed by atoms with Gasteiger partial charge in [-0.05, 0) is 54.1 Å². The van der Waals surface area contributed by atoms with Crippen molar-refractivity contribution in [1.82, 2.24) is 0 Å². The molecule has 0 radical (unpaired) electrons. The van der Waals surface area contributed by atoms with Crippen LogP contribution in [0.15, 0.2) is 60.7 Å². The molecule has 0 atom stereocenters. The summed E-state index contributed by atoms with van der Waals surface area (Å²) in [6, 6.07) is 19.2. The van der Waals surface area contributed by atoms with Crippen molar-refractivity contribution in [3.63, 3.8) is 0 Å². The molecular weight excluding hydrogens is 516 g/mol. The third-order valence-corrected chi connectivity index (χ3v) is 7.26. The van der Waals surface area contributed by atoms with E-state index in [1.54, 1.807) is 0 Å². The molecule has 0 bridgehead atoms. The lowest BCUT2D eigenvalue weighted by Crippen LogP contribution is -2.19. The third kappa shape index (κ3) is 15.9. The van der Waals surface area contributed by atoms with Crippen molar-refractivity contribution in [2.45, 2.75) is 112 Å². The Morgan fingerprint density at radius 2 is 0.878 bits per heavy atom. The Labute approximate surface area is 246 Å². The molecular formula is C35H48O6. The van der Waals surface area contributed by atoms with Gasteiger partial charge in [-0.2, -0.15) is 0 Å². The van der Waals surface area contributed by atoms with Crippen LogP contribution < -0.4 is 0 Å². The lowest BCUT2D eigenvalue weighted by atomic mass is 9.83. The molecule has 2 rings (SSSR count). The Morgan fingerprint density at radius 3 is 1.24 bits per heavy atom. The van der Waals surface area contributed by atoms with Gasteiger partial charge in [-0.25, -0.2) is 0 Å². The molecule has 0 N–H and O–H groups in total. The molecule has 0 saturated carbocycles. The predicted octanol–water partition coefficient (Wildman–Crippen LogP) is 7.95. The zero-order valence-electron chi connectivity index (χ0n) is 25.4. The minimum Gasteiger partial charge on any atom is -0.461 e. The first-order valence-corrected chi connectivity index (χ1v) is 14.9. The van der Waals surface area contributed by atoms with Crippen molar-refractivity contribution in [2.75, 3.05) is 0 Å². The van der Waals surface area contributed by atoms with E-state index in [9.17, 15) is 19.2 Å². The molecule has 0 saturated heterocycles. The van der Waals surface area contributed by atoms with Gasteiger partial charge in [-0.1, -0.05) is 88.4 Å². The van der Waals surface area contributed by atoms with Crippen LogP contribution >= 0.6 is 0 Å². The summed E-state index contributed by atoms with van der Waals surface area (Å²) in [6.45, 7) is 8.64. The summed E-state index contributed by atoms with van der Waals surface area (Å²) >= 11 is 0. The fourth-order valence-corrected chi connectivity index (χ4v) is 4.80. The molecule has 0 unspecified atom stereocenters. The van der Waals surface area contributed by atoms with Crippen LogP contribution in [0.1, 0.15) is 109 Å². The Bertz CT molecular complexity index is 1000. The molecule has 0 aliphatic rings. The second kappa shape index (κ2) is 17.5. The molecule has 6 nitrogen and oxygen atoms in total. The fraction of sp³-hybridized carbons (Fsp3) is 0.543. The number of ketones is 2. The van der Waals surface area contributed by atoms with Crippen LogP contribution in [0.3, 0.4) is 0 Å². The summed E-state index contributed by atoms with van der Waals surface area (Å²) in [5, 5.41) is 0. The van der Waals surface area contributed by atoms with E-state index in [0.717, 1.165) is 24.0 Å². The zero-order valence-corrected chi connectivity index (χ0v) is 25.4. The molecule has 224 valence electrons. The van der Waals surface area contributed by atoms with Crippen LogP contribution in [0.25, 0.3) is 0 Å². The van der Waals surface area contributed by atoms with E-state index in [0.29, 0.717) is 57.8 Å². The molecule has 0 aliphatic heterocycles. The van der Waals surface area contributed by atoms with Crippen LogP contribution in [0.5, 0.6) is 0 Å². The van der Waals surface area contributed by atoms with Crippen molar-refractivity contribution in [3.05, 3.63) is 71.8 Å². The summed E-state index contributed by atoms with van der Waals surface area (Å²) in [4.78, 5) is 49.2. The normalized spacial score (nSPS) is 11.6. The van der Waals surface area contributed by atoms with Crippen LogP contribution in [-0.4, -0.2) is 23.5 Å². The maximum Gasteiger partial charge on any atom is 0.306 e. The lowest BCUT2D eigenvalue weighted by molar-refractivity contribution is -0.148. The topological polar surface area (TPSA) is 86.7 Å². The summed E-state index contributed by atoms with van der Waals surface area (Å²) in [5.41, 5.74) is 1.44. The van der Waals surface area contributed by atoms with Crippen molar-refractivity contribution >= 4 is 23.5 Å². The van der Waals surface area contributed by atoms with Crippen molar-refractivity contribution in [3.8, 4) is 0 Å². The highest BCUT2D eigenvalue weighted by Crippen LogP contribution is 2.29. The standard InChI is InChI=1S/C35H48O6/c1-34(2,24-32(38)40-26-28-14-7-5-8-15-28)22-12-20-30(36)18-11-19-31(37)21-13-23-35(3,4)25-33(39)41-27-29-16-9-6-10-17-29/h5-10,14-17H,11-13,18-27H2,1-4H3. The lowest BCUT2D eigenvalue weighted by Gasteiger charge is -2.23. The van der Waals surface area contributed by atoms with E-state index in [2.05, 4.69) is 0 Å². The van der Waals surface area contributed by atoms with E-state index in [1.165, 1.54) is 0 Å². The first-order valence-electron chi connectivity index (χ1n) is 14.9. The molecule has 0 fully saturated rings. The van der Waals surface area contributed by atoms with Gasteiger partial charge in [0, 0.05) is 25.7 Å². The number of Topliss-reactive ketones (excluding diaryl/α,β-unsaturated/α-hetero) is 2. The van der Waals surface area contributed by atoms with Gasteiger partial charge in [0.25, 0.3) is 0 Å². The van der Waals surface area contributed by atoms with Gasteiger partial charge >= 0.3 is 11.9 Å². The van der Waals surface area contributed by atoms with Gasteiger partial charge in [-0.3, -0.25) is 19.2 Å². The number of carbonyl (C=O) groups excluding carboxylic acids is 4. The number of ether oxygens (including phenoxy) is 2. The first-order chi connectivity index (χ1) is 19.4. The van der Waals surface area contributed by atoms with E-state index in [-0.39, 0.29) is 47.5 Å². The van der Waals surface area contributed by atoms with Gasteiger partial charge < -0.3 is 9.47 Å². The van der Waals surface area contributed by atoms with Crippen molar-refractivity contribution < 1.29 is 28.7 Å². The SMILES string of the molecule is CC(C)(CCCC(=O)CCCC(=O)CCCC(C)(C)CC(=O)OCc1ccccc1)CC(=O)OCc1ccccc1. The molecule has 0 amide bonds. The molecule has 2 aromatic rings. The average Bonchev–Trinajstić information content (AvgIpc) is 2.91. The minimum atomic E-state index is -0.240. The molecule has 0 spiro atoms. The molecule has 0 heterocycles. The molecule has 0 aliphatic carbocycles. The third-order valence-electron chi connectivity index (χ3n) is 7.26. The molecule has 6 heteroatoms. The number of hydrogen-bond donors (Lipinski definition) is 0. The summed E-state index contributed by atoms with van der Waals surface area (Å²) in [6.07, 6.45) is 5.89. The average molecular weight is 565 g/mol. The number of rotatable bonds is 20. The summed E-state index contributed by atoms with van der Waals surface area (Å²) in [7, 11) is 0. The highest BCUT2D eigenvalue weighted by atomic mass is 16.5. The summed E-state index contributed by atoms with van der Waals surface area (Å²) in [5.74, 6) is -0.129. The quantitative estimate of drug-likeness (QED) is 0.152. The van der Waals surface area contributed by atoms with E-state index in [4.69, 9.17) is 9.47 Å². The first kappa shape index (κ1) is 33.9. The second-order valence-corrected chi connectivity index (χ2v) is 12.6. The number of carbonyl (C=O) groups is 4. The number of esters is 2. The Kier molecular flexibility index (Phi) is 14.5. The highest BCUT2D eigenvalue weighted by Gasteiger charge is 2.24. The molecule has 41 heavy (non-hydrogen) atoms. The van der Waals surface area contributed by atoms with E-state index < -0.39 is 0 Å². The Balaban J connectivity index is 1.52. The second-order valence-electron chi connectivity index (χ2n) is 12.6. The van der Waals surface area contributed by atoms with E-state index in [1.807, 2.05) is 88.4 Å². The van der Waals surface area contributed by atoms with E-state index >= 15 is 0 Å². The summed E-state index contributed by atoms with van der Waals surface area (Å²) < 4.78 is 10.8. The predicted molar refractivity (Wildman–Crippen MR) is 161 cm³/mol. The smallest absolute Gasteiger partial charge is 0.306 e. The molecule has 0 aromatic heterocycles. The van der Waals surface area contributed by atoms with Crippen LogP contribution in [0, 0.1) is 10.8 Å². The Hall–Kier alpha value is -3.28. The van der Waals surface area contributed by atoms with Gasteiger partial charge in [0.2, 0.25) is 0 Å². The van der Waals surface area contributed by atoms with Gasteiger partial charge in [0.05, 0.1) is 12.8 Å². The van der Waals surface area contributed by atoms with Gasteiger partial charge in [-0.15, -0.1) is 0 Å². The Morgan fingerprint density at radius 1 is 0.537 bits per heavy atom. The van der Waals surface area contributed by atoms with Crippen LogP contribution in [0.2, 0.25) is 0 Å². The van der Waals surface area contributed by atoms with Gasteiger partial charge in [0.1, 0.15) is 24.8 Å². The number of hydrogen-bond acceptors (Lipinski definition) is 6. The zero-order chi connectivity index (χ0) is 30.1. The highest BCUT2D eigenvalue weighted by molar-refractivity contribution is 5.81. The maximum absolute atomic E-state index is 12.3. The monoisotopic (exact) mass is 564 g/mol. The molecule has 2 aromatic carbocycles. The minimum absolute atomic E-state index is 0.162. The van der Waals surface area contributed by atoms with Crippen molar-refractivity contribution in [1.29, 1.82) is 0 Å². The van der Waals surface area contributed by atoms with Gasteiger partial charge in [0.15, 0.2) is 0 Å². The fourth-order valence-electron chi connectivity index (χ4n) is 4.80. The van der Waals surface area contributed by atoms with Crippen molar-refractivity contribution in [2.24, 2.45) is 10.8 Å². The van der Waals surface area contributed by atoms with Crippen LogP contribution in [-0.2, 0) is 41.9 Å². The number of benzene rings is 2. The largest absolute Gasteiger partial charge is 0.461 e.